The van der Waals surface area contributed by atoms with Gasteiger partial charge in [0.2, 0.25) is 5.91 Å². The van der Waals surface area contributed by atoms with Gasteiger partial charge in [-0.25, -0.2) is 4.39 Å². The summed E-state index contributed by atoms with van der Waals surface area (Å²) in [4.78, 5) is 37.9. The van der Waals surface area contributed by atoms with E-state index in [-0.39, 0.29) is 39.0 Å². The molecule has 0 saturated carbocycles. The van der Waals surface area contributed by atoms with Gasteiger partial charge in [0.05, 0.1) is 5.56 Å². The lowest BCUT2D eigenvalue weighted by atomic mass is 10.1. The fraction of sp³-hybridized carbons (Fsp3) is 0.500. The second-order valence-electron chi connectivity index (χ2n) is 7.33. The van der Waals surface area contributed by atoms with E-state index in [0.717, 1.165) is 15.3 Å². The summed E-state index contributed by atoms with van der Waals surface area (Å²) in [6.45, 7) is 18.2. The molecule has 2 rings (SSSR count). The fourth-order valence-corrected chi connectivity index (χ4v) is 4.05. The molecule has 6 nitrogen and oxygen atoms in total. The highest BCUT2D eigenvalue weighted by Gasteiger charge is 2.21. The number of ketones is 1. The smallest absolute Gasteiger partial charge is 0.253 e. The van der Waals surface area contributed by atoms with Crippen LogP contribution in [0.2, 0.25) is 0 Å². The van der Waals surface area contributed by atoms with Crippen LogP contribution in [0.1, 0.15) is 81.2 Å². The average Bonchev–Trinajstić information content (AvgIpc) is 3.06. The molecule has 1 atom stereocenters. The van der Waals surface area contributed by atoms with Crippen LogP contribution in [-0.4, -0.2) is 30.2 Å². The maximum atomic E-state index is 14.3. The Labute approximate surface area is 210 Å². The number of hydrogen-bond donors (Lipinski definition) is 2. The van der Waals surface area contributed by atoms with Crippen molar-refractivity contribution >= 4 is 28.9 Å². The minimum atomic E-state index is -0.779. The molecular formula is C26H43FN2O4S. The van der Waals surface area contributed by atoms with Gasteiger partial charge in [-0.15, -0.1) is 11.3 Å². The van der Waals surface area contributed by atoms with E-state index in [1.165, 1.54) is 13.0 Å². The number of Topliss-reactive ketones (excluding diaryl/α,β-unsaturated/α-hetero) is 1. The van der Waals surface area contributed by atoms with Crippen LogP contribution in [0.15, 0.2) is 12.1 Å². The second kappa shape index (κ2) is 15.2. The summed E-state index contributed by atoms with van der Waals surface area (Å²) in [6.07, 6.45) is 0. The predicted octanol–water partition coefficient (Wildman–Crippen LogP) is 6.07. The van der Waals surface area contributed by atoms with Crippen molar-refractivity contribution in [3.8, 4) is 5.75 Å². The lowest BCUT2D eigenvalue weighted by Crippen LogP contribution is -2.44. The standard InChI is InChI=1S/C22H27FN2O4S.2C2H6.2H2/c1-11-7-17(18(23)8-19(11)29-10-12(2)26)9-24-21(27)14(4)25-22(28)20-13(3)15(5)30-16(20)6;2*1-2;;/h7-8,14H,9-10H2,1-6H3,(H,24,27)(H,25,28);2*1-2H3;2*1H. The second-order valence-corrected chi connectivity index (χ2v) is 8.76. The quantitative estimate of drug-likeness (QED) is 0.463. The zero-order valence-corrected chi connectivity index (χ0v) is 22.9. The van der Waals surface area contributed by atoms with Crippen LogP contribution < -0.4 is 15.4 Å². The van der Waals surface area contributed by atoms with E-state index in [1.807, 2.05) is 48.5 Å². The van der Waals surface area contributed by atoms with E-state index < -0.39 is 17.8 Å². The highest BCUT2D eigenvalue weighted by molar-refractivity contribution is 7.12. The molecule has 2 amide bonds. The topological polar surface area (TPSA) is 84.5 Å². The first-order valence-electron chi connectivity index (χ1n) is 11.6. The molecule has 0 fully saturated rings. The number of aryl methyl sites for hydroxylation is 3. The number of hydrogen-bond acceptors (Lipinski definition) is 5. The Balaban J connectivity index is -0.00000172. The Morgan fingerprint density at radius 1 is 1.06 bits per heavy atom. The van der Waals surface area contributed by atoms with Crippen molar-refractivity contribution in [3.63, 3.8) is 0 Å². The molecule has 0 saturated heterocycles. The maximum Gasteiger partial charge on any atom is 0.253 e. The number of thiophene rings is 1. The van der Waals surface area contributed by atoms with Crippen LogP contribution in [-0.2, 0) is 16.1 Å². The molecule has 34 heavy (non-hydrogen) atoms. The van der Waals surface area contributed by atoms with E-state index in [2.05, 4.69) is 10.6 Å². The van der Waals surface area contributed by atoms with Crippen LogP contribution >= 0.6 is 11.3 Å². The summed E-state index contributed by atoms with van der Waals surface area (Å²) in [5.41, 5.74) is 2.45. The van der Waals surface area contributed by atoms with Crippen molar-refractivity contribution in [2.45, 2.75) is 81.8 Å². The maximum absolute atomic E-state index is 14.3. The van der Waals surface area contributed by atoms with Gasteiger partial charge in [0.15, 0.2) is 5.78 Å². The number of nitrogens with one attached hydrogen (secondary N) is 2. The summed E-state index contributed by atoms with van der Waals surface area (Å²) in [7, 11) is 0. The summed E-state index contributed by atoms with van der Waals surface area (Å²) < 4.78 is 19.6. The highest BCUT2D eigenvalue weighted by Crippen LogP contribution is 2.26. The Bertz CT molecular complexity index is 997. The van der Waals surface area contributed by atoms with Gasteiger partial charge >= 0.3 is 0 Å². The largest absolute Gasteiger partial charge is 0.485 e. The summed E-state index contributed by atoms with van der Waals surface area (Å²) in [6, 6.07) is 1.99. The molecular weight excluding hydrogens is 455 g/mol. The molecule has 2 N–H and O–H groups in total. The Morgan fingerprint density at radius 2 is 1.65 bits per heavy atom. The summed E-state index contributed by atoms with van der Waals surface area (Å²) in [5.74, 6) is -1.14. The predicted molar refractivity (Wildman–Crippen MR) is 142 cm³/mol. The SMILES string of the molecule is CC.CC.CC(=O)COc1cc(F)c(CNC(=O)C(C)NC(=O)c2c(C)sc(C)c2C)cc1C.[HH].[HH]. The Hall–Kier alpha value is -2.74. The molecule has 2 aromatic rings. The highest BCUT2D eigenvalue weighted by atomic mass is 32.1. The number of benzene rings is 1. The molecule has 1 aromatic carbocycles. The van der Waals surface area contributed by atoms with Crippen molar-refractivity contribution < 1.29 is 26.4 Å². The summed E-state index contributed by atoms with van der Waals surface area (Å²) in [5, 5.41) is 5.34. The molecule has 1 unspecified atom stereocenters. The van der Waals surface area contributed by atoms with E-state index in [4.69, 9.17) is 4.74 Å². The van der Waals surface area contributed by atoms with Crippen molar-refractivity contribution in [2.75, 3.05) is 6.61 Å². The van der Waals surface area contributed by atoms with E-state index >= 15 is 0 Å². The number of carbonyl (C=O) groups excluding carboxylic acids is 3. The third-order valence-corrected chi connectivity index (χ3v) is 5.88. The van der Waals surface area contributed by atoms with Gasteiger partial charge < -0.3 is 15.4 Å². The number of halogens is 1. The van der Waals surface area contributed by atoms with Crippen LogP contribution in [0.25, 0.3) is 0 Å². The molecule has 1 heterocycles. The normalized spacial score (nSPS) is 10.7. The zero-order valence-electron chi connectivity index (χ0n) is 22.1. The van der Waals surface area contributed by atoms with Crippen LogP contribution in [0.3, 0.4) is 0 Å². The monoisotopic (exact) mass is 498 g/mol. The minimum Gasteiger partial charge on any atom is -0.485 e. The lowest BCUT2D eigenvalue weighted by molar-refractivity contribution is -0.122. The van der Waals surface area contributed by atoms with Gasteiger partial charge in [-0.05, 0) is 58.7 Å². The number of ether oxygens (including phenoxy) is 1. The Kier molecular flexibility index (Phi) is 14.0. The molecule has 0 radical (unpaired) electrons. The first kappa shape index (κ1) is 31.3. The van der Waals surface area contributed by atoms with E-state index in [0.29, 0.717) is 11.1 Å². The molecule has 8 heteroatoms. The fourth-order valence-electron chi connectivity index (χ4n) is 2.99. The van der Waals surface area contributed by atoms with E-state index in [1.54, 1.807) is 31.3 Å². The van der Waals surface area contributed by atoms with E-state index in [9.17, 15) is 18.8 Å². The molecule has 0 aliphatic rings. The van der Waals surface area contributed by atoms with Gasteiger partial charge in [0.25, 0.3) is 5.91 Å². The van der Waals surface area contributed by atoms with Crippen molar-refractivity contribution in [3.05, 3.63) is 50.0 Å². The molecule has 0 spiro atoms. The van der Waals surface area contributed by atoms with Gasteiger partial charge in [-0.3, -0.25) is 14.4 Å². The number of carbonyl (C=O) groups is 3. The van der Waals surface area contributed by atoms with Gasteiger partial charge in [0, 0.05) is 30.8 Å². The van der Waals surface area contributed by atoms with Crippen LogP contribution in [0, 0.1) is 33.5 Å². The molecule has 1 aromatic heterocycles. The first-order chi connectivity index (χ1) is 16.0. The van der Waals surface area contributed by atoms with Crippen molar-refractivity contribution in [1.29, 1.82) is 0 Å². The third kappa shape index (κ3) is 8.89. The molecule has 0 aliphatic carbocycles. The van der Waals surface area contributed by atoms with Gasteiger partial charge in [0.1, 0.15) is 24.2 Å². The molecule has 194 valence electrons. The van der Waals surface area contributed by atoms with Gasteiger partial charge in [-0.1, -0.05) is 27.7 Å². The van der Waals surface area contributed by atoms with Crippen molar-refractivity contribution in [1.82, 2.24) is 10.6 Å². The average molecular weight is 499 g/mol. The lowest BCUT2D eigenvalue weighted by Gasteiger charge is -2.16. The first-order valence-corrected chi connectivity index (χ1v) is 12.4. The number of amides is 2. The Morgan fingerprint density at radius 3 is 2.15 bits per heavy atom. The molecule has 0 aliphatic heterocycles. The minimum absolute atomic E-state index is 0. The van der Waals surface area contributed by atoms with Crippen molar-refractivity contribution in [2.24, 2.45) is 0 Å². The van der Waals surface area contributed by atoms with Gasteiger partial charge in [-0.2, -0.15) is 0 Å². The number of rotatable bonds is 8. The third-order valence-electron chi connectivity index (χ3n) is 4.76. The zero-order chi connectivity index (χ0) is 26.6. The van der Waals surface area contributed by atoms with Crippen LogP contribution in [0.4, 0.5) is 4.39 Å². The summed E-state index contributed by atoms with van der Waals surface area (Å²) >= 11 is 1.54. The van der Waals surface area contributed by atoms with Crippen LogP contribution in [0.5, 0.6) is 5.75 Å². The molecule has 0 bridgehead atoms.